The Kier molecular flexibility index (Phi) is 12.5. The van der Waals surface area contributed by atoms with Crippen molar-refractivity contribution >= 4 is 35.6 Å². The lowest BCUT2D eigenvalue weighted by molar-refractivity contribution is 0.0536. The minimum absolute atomic E-state index is 0. The first kappa shape index (κ1) is 25.0. The zero-order valence-corrected chi connectivity index (χ0v) is 20.1. The van der Waals surface area contributed by atoms with Gasteiger partial charge in [-0.25, -0.2) is 0 Å². The molecule has 28 heavy (non-hydrogen) atoms. The molecule has 1 saturated heterocycles. The van der Waals surface area contributed by atoms with Crippen LogP contribution in [-0.2, 0) is 9.47 Å². The van der Waals surface area contributed by atoms with Gasteiger partial charge in [-0.15, -0.1) is 24.0 Å². The molecule has 0 aliphatic carbocycles. The lowest BCUT2D eigenvalue weighted by Crippen LogP contribution is -2.43. The van der Waals surface area contributed by atoms with E-state index >= 15 is 0 Å². The summed E-state index contributed by atoms with van der Waals surface area (Å²) in [6.07, 6.45) is 1.15. The van der Waals surface area contributed by atoms with Crippen LogP contribution in [0.4, 0.5) is 5.69 Å². The topological polar surface area (TPSA) is 49.3 Å². The maximum atomic E-state index is 5.69. The van der Waals surface area contributed by atoms with E-state index in [4.69, 9.17) is 9.47 Å². The van der Waals surface area contributed by atoms with Crippen molar-refractivity contribution in [2.24, 2.45) is 10.9 Å². The van der Waals surface area contributed by atoms with Gasteiger partial charge in [0.2, 0.25) is 0 Å². The Balaban J connectivity index is 0.00000392. The molecule has 1 N–H and O–H groups in total. The van der Waals surface area contributed by atoms with Crippen molar-refractivity contribution in [1.82, 2.24) is 10.2 Å². The Morgan fingerprint density at radius 1 is 1.36 bits per heavy atom. The molecule has 0 spiro atoms. The Bertz CT molecular complexity index is 585. The molecule has 2 rings (SSSR count). The number of methoxy groups -OCH3 is 1. The standard InChI is InChI=1S/C21H36N4O2.HI/c1-5-24(20-8-6-7-18(2)15-20)12-10-23-21(22-3)25-11-9-19(16-25)17-27-14-13-26-4;/h6-8,15,19H,5,9-14,16-17H2,1-4H3,(H,22,23);1H. The second-order valence-corrected chi connectivity index (χ2v) is 7.06. The Labute approximate surface area is 187 Å². The summed E-state index contributed by atoms with van der Waals surface area (Å²) in [6, 6.07) is 8.69. The molecule has 1 aliphatic heterocycles. The van der Waals surface area contributed by atoms with Crippen LogP contribution in [0.25, 0.3) is 0 Å². The summed E-state index contributed by atoms with van der Waals surface area (Å²) in [5.74, 6) is 1.56. The van der Waals surface area contributed by atoms with Gasteiger partial charge in [-0.3, -0.25) is 4.99 Å². The number of nitrogens with one attached hydrogen (secondary N) is 1. The minimum Gasteiger partial charge on any atom is -0.382 e. The number of rotatable bonds is 10. The van der Waals surface area contributed by atoms with Crippen molar-refractivity contribution in [3.63, 3.8) is 0 Å². The highest BCUT2D eigenvalue weighted by Crippen LogP contribution is 2.17. The van der Waals surface area contributed by atoms with E-state index in [1.165, 1.54) is 11.3 Å². The van der Waals surface area contributed by atoms with Gasteiger partial charge in [0, 0.05) is 58.5 Å². The first-order valence-electron chi connectivity index (χ1n) is 10.0. The van der Waals surface area contributed by atoms with Crippen LogP contribution in [0.15, 0.2) is 29.3 Å². The van der Waals surface area contributed by atoms with Crippen LogP contribution in [0.1, 0.15) is 18.9 Å². The zero-order chi connectivity index (χ0) is 19.5. The van der Waals surface area contributed by atoms with Crippen LogP contribution in [0.2, 0.25) is 0 Å². The van der Waals surface area contributed by atoms with E-state index < -0.39 is 0 Å². The lowest BCUT2D eigenvalue weighted by atomic mass is 10.1. The van der Waals surface area contributed by atoms with Gasteiger partial charge >= 0.3 is 0 Å². The van der Waals surface area contributed by atoms with E-state index in [9.17, 15) is 0 Å². The van der Waals surface area contributed by atoms with E-state index in [1.54, 1.807) is 7.11 Å². The minimum atomic E-state index is 0. The molecule has 1 fully saturated rings. The number of likely N-dealkylation sites (tertiary alicyclic amines) is 1. The summed E-state index contributed by atoms with van der Waals surface area (Å²) in [7, 11) is 3.57. The van der Waals surface area contributed by atoms with Crippen molar-refractivity contribution in [2.45, 2.75) is 20.3 Å². The van der Waals surface area contributed by atoms with Crippen LogP contribution in [0, 0.1) is 12.8 Å². The molecule has 1 aromatic rings. The molecule has 1 atom stereocenters. The highest BCUT2D eigenvalue weighted by molar-refractivity contribution is 14.0. The molecule has 160 valence electrons. The number of hydrogen-bond donors (Lipinski definition) is 1. The molecular weight excluding hydrogens is 467 g/mol. The van der Waals surface area contributed by atoms with Gasteiger partial charge in [-0.2, -0.15) is 0 Å². The van der Waals surface area contributed by atoms with Crippen LogP contribution in [0.3, 0.4) is 0 Å². The third-order valence-electron chi connectivity index (χ3n) is 5.00. The second kappa shape index (κ2) is 14.0. The highest BCUT2D eigenvalue weighted by Gasteiger charge is 2.24. The van der Waals surface area contributed by atoms with Gasteiger partial charge < -0.3 is 24.6 Å². The van der Waals surface area contributed by atoms with Crippen LogP contribution < -0.4 is 10.2 Å². The van der Waals surface area contributed by atoms with E-state index in [1.807, 2.05) is 7.05 Å². The van der Waals surface area contributed by atoms with Gasteiger partial charge in [-0.05, 0) is 38.0 Å². The monoisotopic (exact) mass is 504 g/mol. The SMILES string of the molecule is CCN(CCNC(=NC)N1CCC(COCCOC)C1)c1cccc(C)c1.I. The fourth-order valence-electron chi connectivity index (χ4n) is 3.48. The summed E-state index contributed by atoms with van der Waals surface area (Å²) in [6.45, 7) is 11.3. The number of nitrogens with zero attached hydrogens (tertiary/aromatic N) is 3. The van der Waals surface area contributed by atoms with E-state index in [0.29, 0.717) is 19.1 Å². The third kappa shape index (κ3) is 8.13. The summed E-state index contributed by atoms with van der Waals surface area (Å²) < 4.78 is 10.7. The molecule has 1 aromatic carbocycles. The molecular formula is C21H37IN4O2. The van der Waals surface area contributed by atoms with Gasteiger partial charge in [0.05, 0.1) is 19.8 Å². The second-order valence-electron chi connectivity index (χ2n) is 7.06. The average Bonchev–Trinajstić information content (AvgIpc) is 3.14. The van der Waals surface area contributed by atoms with Gasteiger partial charge in [-0.1, -0.05) is 12.1 Å². The normalized spacial score (nSPS) is 16.8. The molecule has 0 aromatic heterocycles. The molecule has 0 radical (unpaired) electrons. The van der Waals surface area contributed by atoms with Crippen molar-refractivity contribution < 1.29 is 9.47 Å². The first-order chi connectivity index (χ1) is 13.2. The van der Waals surface area contributed by atoms with Crippen LogP contribution in [-0.4, -0.2) is 77.6 Å². The summed E-state index contributed by atoms with van der Waals surface area (Å²) in [4.78, 5) is 9.21. The largest absolute Gasteiger partial charge is 0.382 e. The number of ether oxygens (including phenoxy) is 2. The number of hydrogen-bond acceptors (Lipinski definition) is 4. The smallest absolute Gasteiger partial charge is 0.193 e. The number of benzene rings is 1. The molecule has 1 aliphatic rings. The van der Waals surface area contributed by atoms with Crippen molar-refractivity contribution in [3.8, 4) is 0 Å². The summed E-state index contributed by atoms with van der Waals surface area (Å²) >= 11 is 0. The van der Waals surface area contributed by atoms with Crippen LogP contribution >= 0.6 is 24.0 Å². The molecule has 0 bridgehead atoms. The lowest BCUT2D eigenvalue weighted by Gasteiger charge is -2.26. The quantitative estimate of drug-likeness (QED) is 0.230. The van der Waals surface area contributed by atoms with Gasteiger partial charge in [0.25, 0.3) is 0 Å². The zero-order valence-electron chi connectivity index (χ0n) is 17.8. The molecule has 0 saturated carbocycles. The average molecular weight is 504 g/mol. The third-order valence-corrected chi connectivity index (χ3v) is 5.00. The Hall–Kier alpha value is -1.06. The highest BCUT2D eigenvalue weighted by atomic mass is 127. The Morgan fingerprint density at radius 2 is 2.18 bits per heavy atom. The summed E-state index contributed by atoms with van der Waals surface area (Å²) in [5, 5.41) is 3.53. The Morgan fingerprint density at radius 3 is 2.86 bits per heavy atom. The number of aryl methyl sites for hydroxylation is 1. The summed E-state index contributed by atoms with van der Waals surface area (Å²) in [5.41, 5.74) is 2.58. The predicted molar refractivity (Wildman–Crippen MR) is 128 cm³/mol. The number of likely N-dealkylation sites (N-methyl/N-ethyl adjacent to an activating group) is 1. The maximum absolute atomic E-state index is 5.69. The van der Waals surface area contributed by atoms with E-state index in [2.05, 4.69) is 58.2 Å². The van der Waals surface area contributed by atoms with Crippen molar-refractivity contribution in [3.05, 3.63) is 29.8 Å². The number of aliphatic imine (C=N–C) groups is 1. The molecule has 7 heteroatoms. The van der Waals surface area contributed by atoms with Gasteiger partial charge in [0.15, 0.2) is 5.96 Å². The van der Waals surface area contributed by atoms with Crippen LogP contribution in [0.5, 0.6) is 0 Å². The van der Waals surface area contributed by atoms with E-state index in [-0.39, 0.29) is 24.0 Å². The first-order valence-corrected chi connectivity index (χ1v) is 10.0. The molecule has 1 heterocycles. The molecule has 0 amide bonds. The maximum Gasteiger partial charge on any atom is 0.193 e. The van der Waals surface area contributed by atoms with Crippen molar-refractivity contribution in [2.75, 3.05) is 71.6 Å². The fraction of sp³-hybridized carbons (Fsp3) is 0.667. The van der Waals surface area contributed by atoms with E-state index in [0.717, 1.165) is 51.7 Å². The number of anilines is 1. The fourth-order valence-corrected chi connectivity index (χ4v) is 3.48. The predicted octanol–water partition coefficient (Wildman–Crippen LogP) is 3.00. The number of halogens is 1. The van der Waals surface area contributed by atoms with Crippen molar-refractivity contribution in [1.29, 1.82) is 0 Å². The molecule has 1 unspecified atom stereocenters. The van der Waals surface area contributed by atoms with Gasteiger partial charge in [0.1, 0.15) is 0 Å². The molecule has 6 nitrogen and oxygen atoms in total. The number of guanidine groups is 1.